The molecular weight excluding hydrogens is 239 g/mol. The zero-order valence-corrected chi connectivity index (χ0v) is 10.3. The summed E-state index contributed by atoms with van der Waals surface area (Å²) in [6.45, 7) is 4.00. The molecule has 0 aliphatic carbocycles. The lowest BCUT2D eigenvalue weighted by Crippen LogP contribution is -1.90. The molecule has 0 unspecified atom stereocenters. The van der Waals surface area contributed by atoms with E-state index in [1.165, 1.54) is 18.6 Å². The first-order valence-electron chi connectivity index (χ1n) is 5.07. The van der Waals surface area contributed by atoms with Crippen molar-refractivity contribution in [1.29, 1.82) is 0 Å². The molecule has 0 amide bonds. The molecule has 88 valence electrons. The Hall–Kier alpha value is -1.82. The Morgan fingerprint density at radius 3 is 2.65 bits per heavy atom. The van der Waals surface area contributed by atoms with Gasteiger partial charge in [0.05, 0.1) is 11.3 Å². The van der Waals surface area contributed by atoms with E-state index < -0.39 is 5.95 Å². The van der Waals surface area contributed by atoms with Crippen molar-refractivity contribution >= 4 is 18.2 Å². The van der Waals surface area contributed by atoms with Gasteiger partial charge in [-0.25, -0.2) is 15.0 Å². The van der Waals surface area contributed by atoms with E-state index in [0.29, 0.717) is 17.1 Å². The Morgan fingerprint density at radius 2 is 2.00 bits per heavy atom. The normalized spacial score (nSPS) is 9.12. The average Bonchev–Trinajstić information content (AvgIpc) is 2.42. The van der Waals surface area contributed by atoms with Crippen molar-refractivity contribution in [2.45, 2.75) is 13.8 Å². The third kappa shape index (κ3) is 3.32. The summed E-state index contributed by atoms with van der Waals surface area (Å²) < 4.78 is 16.8. The van der Waals surface area contributed by atoms with Gasteiger partial charge in [0.25, 0.3) is 0 Å². The molecule has 0 saturated carbocycles. The highest BCUT2D eigenvalue weighted by Crippen LogP contribution is 2.20. The summed E-state index contributed by atoms with van der Waals surface area (Å²) in [7, 11) is 0. The minimum Gasteiger partial charge on any atom is -0.236 e. The SMILES string of the molecule is CC.Fc1ncccc1-c1cc(N=S)ncn1. The second kappa shape index (κ2) is 6.70. The molecule has 0 spiro atoms. The maximum Gasteiger partial charge on any atom is 0.222 e. The zero-order valence-electron chi connectivity index (χ0n) is 9.46. The topological polar surface area (TPSA) is 51.0 Å². The number of halogens is 1. The third-order valence-corrected chi connectivity index (χ3v) is 1.97. The first kappa shape index (κ1) is 13.2. The minimum atomic E-state index is -0.577. The van der Waals surface area contributed by atoms with E-state index in [9.17, 15) is 4.39 Å². The number of aromatic nitrogens is 3. The molecule has 6 heteroatoms. The maximum atomic E-state index is 13.3. The van der Waals surface area contributed by atoms with Crippen LogP contribution in [0, 0.1) is 5.95 Å². The van der Waals surface area contributed by atoms with Crippen LogP contribution in [0.2, 0.25) is 0 Å². The fraction of sp³-hybridized carbons (Fsp3) is 0.182. The van der Waals surface area contributed by atoms with Gasteiger partial charge in [-0.05, 0) is 12.1 Å². The van der Waals surface area contributed by atoms with Gasteiger partial charge in [-0.1, -0.05) is 13.8 Å². The van der Waals surface area contributed by atoms with Crippen LogP contribution in [-0.2, 0) is 12.4 Å². The van der Waals surface area contributed by atoms with Crippen LogP contribution in [0.5, 0.6) is 0 Å². The summed E-state index contributed by atoms with van der Waals surface area (Å²) in [4.78, 5) is 11.2. The molecule has 17 heavy (non-hydrogen) atoms. The fourth-order valence-electron chi connectivity index (χ4n) is 1.12. The van der Waals surface area contributed by atoms with Crippen LogP contribution in [0.4, 0.5) is 10.2 Å². The summed E-state index contributed by atoms with van der Waals surface area (Å²) in [6.07, 6.45) is 2.66. The fourth-order valence-corrected chi connectivity index (χ4v) is 1.22. The third-order valence-electron chi connectivity index (χ3n) is 1.78. The van der Waals surface area contributed by atoms with Crippen molar-refractivity contribution in [3.05, 3.63) is 36.7 Å². The van der Waals surface area contributed by atoms with E-state index in [1.807, 2.05) is 13.8 Å². The van der Waals surface area contributed by atoms with E-state index >= 15 is 0 Å². The lowest BCUT2D eigenvalue weighted by atomic mass is 10.2. The smallest absolute Gasteiger partial charge is 0.222 e. The predicted molar refractivity (Wildman–Crippen MR) is 66.0 cm³/mol. The van der Waals surface area contributed by atoms with Gasteiger partial charge in [0.2, 0.25) is 5.95 Å². The molecule has 0 saturated heterocycles. The van der Waals surface area contributed by atoms with Gasteiger partial charge in [-0.15, -0.1) is 0 Å². The highest BCUT2D eigenvalue weighted by atomic mass is 32.1. The van der Waals surface area contributed by atoms with Crippen molar-refractivity contribution in [1.82, 2.24) is 15.0 Å². The summed E-state index contributed by atoms with van der Waals surface area (Å²) in [5, 5.41) is 0. The molecule has 2 aromatic heterocycles. The van der Waals surface area contributed by atoms with Crippen molar-refractivity contribution in [2.24, 2.45) is 4.36 Å². The van der Waals surface area contributed by atoms with Gasteiger partial charge in [-0.3, -0.25) is 0 Å². The van der Waals surface area contributed by atoms with Crippen LogP contribution < -0.4 is 0 Å². The highest BCUT2D eigenvalue weighted by molar-refractivity contribution is 7.47. The molecule has 2 heterocycles. The molecule has 0 aromatic carbocycles. The van der Waals surface area contributed by atoms with Gasteiger partial charge < -0.3 is 0 Å². The lowest BCUT2D eigenvalue weighted by Gasteiger charge is -2.00. The molecule has 0 radical (unpaired) electrons. The molecule has 2 rings (SSSR count). The van der Waals surface area contributed by atoms with Crippen molar-refractivity contribution in [3.63, 3.8) is 0 Å². The molecule has 2 aromatic rings. The van der Waals surface area contributed by atoms with Crippen LogP contribution in [0.25, 0.3) is 11.3 Å². The average molecular weight is 250 g/mol. The van der Waals surface area contributed by atoms with E-state index in [2.05, 4.69) is 31.7 Å². The molecule has 0 N–H and O–H groups in total. The van der Waals surface area contributed by atoms with E-state index in [1.54, 1.807) is 12.1 Å². The Morgan fingerprint density at radius 1 is 1.24 bits per heavy atom. The number of pyridine rings is 1. The van der Waals surface area contributed by atoms with Crippen molar-refractivity contribution in [3.8, 4) is 11.3 Å². The molecule has 0 bridgehead atoms. The van der Waals surface area contributed by atoms with Gasteiger partial charge in [0.1, 0.15) is 6.33 Å². The quantitative estimate of drug-likeness (QED) is 0.769. The lowest BCUT2D eigenvalue weighted by molar-refractivity contribution is 0.587. The highest BCUT2D eigenvalue weighted by Gasteiger charge is 2.07. The first-order chi connectivity index (χ1) is 8.31. The standard InChI is InChI=1S/C9H5FN4S.C2H6/c10-9-6(2-1-3-11-9)7-4-8(14-15)13-5-12-7;1-2/h1-5H;1-2H3. The Labute approximate surface area is 104 Å². The summed E-state index contributed by atoms with van der Waals surface area (Å²) in [6, 6.07) is 4.72. The summed E-state index contributed by atoms with van der Waals surface area (Å²) >= 11 is 4.49. The van der Waals surface area contributed by atoms with Crippen molar-refractivity contribution in [2.75, 3.05) is 0 Å². The van der Waals surface area contributed by atoms with Crippen LogP contribution in [0.1, 0.15) is 13.8 Å². The Bertz CT molecular complexity index is 504. The van der Waals surface area contributed by atoms with Crippen LogP contribution >= 0.6 is 0 Å². The van der Waals surface area contributed by atoms with Gasteiger partial charge in [0, 0.05) is 24.7 Å². The summed E-state index contributed by atoms with van der Waals surface area (Å²) in [5.74, 6) is -0.246. The maximum absolute atomic E-state index is 13.3. The van der Waals surface area contributed by atoms with Crippen LogP contribution in [-0.4, -0.2) is 15.0 Å². The van der Waals surface area contributed by atoms with Gasteiger partial charge >= 0.3 is 0 Å². The minimum absolute atomic E-state index is 0.305. The van der Waals surface area contributed by atoms with Crippen LogP contribution in [0.15, 0.2) is 35.1 Å². The molecule has 4 nitrogen and oxygen atoms in total. The largest absolute Gasteiger partial charge is 0.236 e. The van der Waals surface area contributed by atoms with Crippen LogP contribution in [0.3, 0.4) is 0 Å². The molecular formula is C11H11FN4S. The second-order valence-electron chi connectivity index (χ2n) is 2.69. The molecule has 0 aliphatic heterocycles. The number of nitrogens with zero attached hydrogens (tertiary/aromatic N) is 4. The molecule has 0 atom stereocenters. The molecule has 0 aliphatic rings. The summed E-state index contributed by atoms with van der Waals surface area (Å²) in [5.41, 5.74) is 0.721. The zero-order chi connectivity index (χ0) is 12.7. The van der Waals surface area contributed by atoms with Gasteiger partial charge in [0.15, 0.2) is 5.82 Å². The van der Waals surface area contributed by atoms with Crippen molar-refractivity contribution < 1.29 is 4.39 Å². The number of hydrogen-bond acceptors (Lipinski definition) is 5. The first-order valence-corrected chi connectivity index (χ1v) is 5.44. The van der Waals surface area contributed by atoms with E-state index in [0.717, 1.165) is 0 Å². The molecule has 0 fully saturated rings. The second-order valence-corrected chi connectivity index (χ2v) is 2.88. The monoisotopic (exact) mass is 250 g/mol. The number of rotatable bonds is 2. The Balaban J connectivity index is 0.000000686. The van der Waals surface area contributed by atoms with E-state index in [-0.39, 0.29) is 0 Å². The predicted octanol–water partition coefficient (Wildman–Crippen LogP) is 3.07. The van der Waals surface area contributed by atoms with E-state index in [4.69, 9.17) is 0 Å². The number of hydrogen-bond donors (Lipinski definition) is 0. The Kier molecular flexibility index (Phi) is 5.22. The van der Waals surface area contributed by atoms with Gasteiger partial charge in [-0.2, -0.15) is 8.75 Å².